The molecule has 0 bridgehead atoms. The average Bonchev–Trinajstić information content (AvgIpc) is 2.61. The predicted molar refractivity (Wildman–Crippen MR) is 91.7 cm³/mol. The van der Waals surface area contributed by atoms with E-state index in [1.165, 1.54) is 0 Å². The first-order chi connectivity index (χ1) is 12.3. The Hall–Kier alpha value is -2.19. The molecule has 0 fully saturated rings. The van der Waals surface area contributed by atoms with Gasteiger partial charge in [-0.2, -0.15) is 0 Å². The van der Waals surface area contributed by atoms with Crippen molar-refractivity contribution in [1.82, 2.24) is 4.72 Å². The lowest BCUT2D eigenvalue weighted by Gasteiger charge is -2.25. The van der Waals surface area contributed by atoms with Crippen LogP contribution in [0.25, 0.3) is 0 Å². The third-order valence-electron chi connectivity index (χ3n) is 4.06. The van der Waals surface area contributed by atoms with Crippen LogP contribution in [0.5, 0.6) is 11.5 Å². The van der Waals surface area contributed by atoms with Gasteiger partial charge in [-0.05, 0) is 41.8 Å². The summed E-state index contributed by atoms with van der Waals surface area (Å²) in [6, 6.07) is 6.80. The zero-order chi connectivity index (χ0) is 18.9. The molecule has 5 nitrogen and oxygen atoms in total. The largest absolute Gasteiger partial charge is 0.486 e. The van der Waals surface area contributed by atoms with E-state index in [0.29, 0.717) is 36.3 Å². The zero-order valence-corrected chi connectivity index (χ0v) is 15.1. The molecule has 1 N–H and O–H groups in total. The van der Waals surface area contributed by atoms with Gasteiger partial charge in [0.15, 0.2) is 11.5 Å². The molecule has 0 aromatic heterocycles. The first kappa shape index (κ1) is 18.6. The summed E-state index contributed by atoms with van der Waals surface area (Å²) in [5.41, 5.74) is 0.643. The first-order valence-corrected chi connectivity index (χ1v) is 9.63. The quantitative estimate of drug-likeness (QED) is 0.859. The number of benzene rings is 2. The van der Waals surface area contributed by atoms with E-state index in [9.17, 15) is 17.2 Å². The van der Waals surface area contributed by atoms with Gasteiger partial charge >= 0.3 is 0 Å². The summed E-state index contributed by atoms with van der Waals surface area (Å²) < 4.78 is 66.0. The van der Waals surface area contributed by atoms with Gasteiger partial charge in [-0.25, -0.2) is 21.9 Å². The molecular formula is C18H19F2NO4S. The number of halogens is 2. The minimum Gasteiger partial charge on any atom is -0.486 e. The van der Waals surface area contributed by atoms with E-state index in [-0.39, 0.29) is 5.92 Å². The van der Waals surface area contributed by atoms with Gasteiger partial charge in [0, 0.05) is 6.04 Å². The Bertz CT molecular complexity index is 915. The van der Waals surface area contributed by atoms with E-state index in [1.54, 1.807) is 18.2 Å². The van der Waals surface area contributed by atoms with Crippen molar-refractivity contribution in [2.45, 2.75) is 24.8 Å². The van der Waals surface area contributed by atoms with Crippen LogP contribution in [0.4, 0.5) is 8.78 Å². The average molecular weight is 383 g/mol. The van der Waals surface area contributed by atoms with Crippen molar-refractivity contribution in [3.63, 3.8) is 0 Å². The van der Waals surface area contributed by atoms with Crippen LogP contribution in [-0.2, 0) is 10.0 Å². The Morgan fingerprint density at radius 2 is 1.69 bits per heavy atom. The number of hydrogen-bond acceptors (Lipinski definition) is 4. The monoisotopic (exact) mass is 383 g/mol. The highest BCUT2D eigenvalue weighted by Gasteiger charge is 2.27. The summed E-state index contributed by atoms with van der Waals surface area (Å²) in [7, 11) is -4.26. The number of ether oxygens (including phenoxy) is 2. The second kappa shape index (κ2) is 7.20. The van der Waals surface area contributed by atoms with Gasteiger partial charge in [0.2, 0.25) is 10.0 Å². The molecule has 0 unspecified atom stereocenters. The Balaban J connectivity index is 1.95. The van der Waals surface area contributed by atoms with Crippen LogP contribution in [0.3, 0.4) is 0 Å². The van der Waals surface area contributed by atoms with E-state index >= 15 is 0 Å². The van der Waals surface area contributed by atoms with Gasteiger partial charge in [0.25, 0.3) is 0 Å². The summed E-state index contributed by atoms with van der Waals surface area (Å²) in [4.78, 5) is -0.722. The van der Waals surface area contributed by atoms with Gasteiger partial charge in [-0.3, -0.25) is 0 Å². The molecule has 2 aromatic rings. The molecule has 1 aliphatic rings. The van der Waals surface area contributed by atoms with Crippen LogP contribution in [0, 0.1) is 17.6 Å². The maximum atomic E-state index is 13.9. The molecule has 0 saturated carbocycles. The molecule has 1 heterocycles. The molecule has 8 heteroatoms. The molecule has 0 saturated heterocycles. The van der Waals surface area contributed by atoms with E-state index in [0.717, 1.165) is 12.1 Å². The SMILES string of the molecule is CC(C)[C@H](NS(=O)(=O)c1cc(F)ccc1F)c1ccc2c(c1)OCCO2. The number of rotatable bonds is 5. The minimum absolute atomic E-state index is 0.149. The van der Waals surface area contributed by atoms with E-state index in [4.69, 9.17) is 9.47 Å². The maximum absolute atomic E-state index is 13.9. The molecule has 0 amide bonds. The van der Waals surface area contributed by atoms with Crippen molar-refractivity contribution >= 4 is 10.0 Å². The molecule has 1 atom stereocenters. The Morgan fingerprint density at radius 3 is 2.38 bits per heavy atom. The number of fused-ring (bicyclic) bond motifs is 1. The topological polar surface area (TPSA) is 64.6 Å². The third kappa shape index (κ3) is 3.81. The van der Waals surface area contributed by atoms with Crippen LogP contribution in [-0.4, -0.2) is 21.6 Å². The van der Waals surface area contributed by atoms with Crippen LogP contribution in [0.1, 0.15) is 25.5 Å². The number of hydrogen-bond donors (Lipinski definition) is 1. The fourth-order valence-corrected chi connectivity index (χ4v) is 4.22. The molecule has 26 heavy (non-hydrogen) atoms. The number of sulfonamides is 1. The summed E-state index contributed by atoms with van der Waals surface area (Å²) >= 11 is 0. The van der Waals surface area contributed by atoms with E-state index in [2.05, 4.69) is 4.72 Å². The van der Waals surface area contributed by atoms with Crippen LogP contribution in [0.2, 0.25) is 0 Å². The van der Waals surface area contributed by atoms with Crippen LogP contribution >= 0.6 is 0 Å². The third-order valence-corrected chi connectivity index (χ3v) is 5.51. The lowest BCUT2D eigenvalue weighted by molar-refractivity contribution is 0.171. The molecule has 0 radical (unpaired) electrons. The molecule has 0 aliphatic carbocycles. The molecule has 1 aliphatic heterocycles. The molecule has 140 valence electrons. The number of nitrogens with one attached hydrogen (secondary N) is 1. The van der Waals surface area contributed by atoms with Crippen molar-refractivity contribution < 1.29 is 26.7 Å². The first-order valence-electron chi connectivity index (χ1n) is 8.15. The maximum Gasteiger partial charge on any atom is 0.244 e. The highest BCUT2D eigenvalue weighted by atomic mass is 32.2. The van der Waals surface area contributed by atoms with Crippen LogP contribution < -0.4 is 14.2 Å². The molecule has 2 aromatic carbocycles. The normalized spacial score (nSPS) is 15.1. The fourth-order valence-electron chi connectivity index (χ4n) is 2.76. The summed E-state index contributed by atoms with van der Waals surface area (Å²) in [6.07, 6.45) is 0. The van der Waals surface area contributed by atoms with Crippen molar-refractivity contribution in [2.24, 2.45) is 5.92 Å². The zero-order valence-electron chi connectivity index (χ0n) is 14.3. The fraction of sp³-hybridized carbons (Fsp3) is 0.333. The van der Waals surface area contributed by atoms with Gasteiger partial charge in [-0.1, -0.05) is 19.9 Å². The van der Waals surface area contributed by atoms with Crippen LogP contribution in [0.15, 0.2) is 41.3 Å². The summed E-state index contributed by atoms with van der Waals surface area (Å²) in [6.45, 7) is 4.51. The van der Waals surface area contributed by atoms with E-state index < -0.39 is 32.6 Å². The highest BCUT2D eigenvalue weighted by molar-refractivity contribution is 7.89. The molecule has 3 rings (SSSR count). The minimum atomic E-state index is -4.26. The van der Waals surface area contributed by atoms with Gasteiger partial charge in [-0.15, -0.1) is 0 Å². The second-order valence-corrected chi connectivity index (χ2v) is 8.00. The van der Waals surface area contributed by atoms with Crippen molar-refractivity contribution in [1.29, 1.82) is 0 Å². The Kier molecular flexibility index (Phi) is 5.15. The molecule has 0 spiro atoms. The lowest BCUT2D eigenvalue weighted by Crippen LogP contribution is -2.32. The highest BCUT2D eigenvalue weighted by Crippen LogP contribution is 2.35. The standard InChI is InChI=1S/C18H19F2NO4S/c1-11(2)18(12-3-6-15-16(9-12)25-8-7-24-15)21-26(22,23)17-10-13(19)4-5-14(17)20/h3-6,9-11,18,21H,7-8H2,1-2H3/t18-/m0/s1. The Morgan fingerprint density at radius 1 is 1.00 bits per heavy atom. The van der Waals surface area contributed by atoms with Crippen molar-refractivity contribution in [3.05, 3.63) is 53.6 Å². The predicted octanol–water partition coefficient (Wildman–Crippen LogP) is 3.41. The van der Waals surface area contributed by atoms with Gasteiger partial charge in [0.1, 0.15) is 29.7 Å². The van der Waals surface area contributed by atoms with Gasteiger partial charge < -0.3 is 9.47 Å². The second-order valence-electron chi connectivity index (χ2n) is 6.32. The lowest BCUT2D eigenvalue weighted by atomic mass is 9.97. The molecular weight excluding hydrogens is 364 g/mol. The smallest absolute Gasteiger partial charge is 0.244 e. The van der Waals surface area contributed by atoms with E-state index in [1.807, 2.05) is 13.8 Å². The van der Waals surface area contributed by atoms with Crippen molar-refractivity contribution in [2.75, 3.05) is 13.2 Å². The summed E-state index contributed by atoms with van der Waals surface area (Å²) in [5.74, 6) is -0.878. The van der Waals surface area contributed by atoms with Crippen molar-refractivity contribution in [3.8, 4) is 11.5 Å². The Labute approximate surface area is 151 Å². The van der Waals surface area contributed by atoms with Gasteiger partial charge in [0.05, 0.1) is 0 Å². The summed E-state index contributed by atoms with van der Waals surface area (Å²) in [5, 5.41) is 0.